The number of halogens is 1. The number of nitrogens with two attached hydrogens (primary N) is 1. The van der Waals surface area contributed by atoms with Crippen molar-refractivity contribution in [2.75, 3.05) is 6.54 Å². The lowest BCUT2D eigenvalue weighted by atomic mass is 9.92. The van der Waals surface area contributed by atoms with E-state index in [0.29, 0.717) is 12.1 Å². The van der Waals surface area contributed by atoms with Crippen LogP contribution in [-0.4, -0.2) is 12.5 Å². The lowest BCUT2D eigenvalue weighted by Crippen LogP contribution is -2.41. The molecule has 3 N–H and O–H groups in total. The molecule has 0 unspecified atom stereocenters. The van der Waals surface area contributed by atoms with Crippen LogP contribution in [0.4, 0.5) is 4.39 Å². The van der Waals surface area contributed by atoms with Gasteiger partial charge in [0.05, 0.1) is 5.41 Å². The fourth-order valence-electron chi connectivity index (χ4n) is 1.43. The van der Waals surface area contributed by atoms with E-state index >= 15 is 0 Å². The normalized spacial score (nSPS) is 13.4. The summed E-state index contributed by atoms with van der Waals surface area (Å²) in [6.45, 7) is 5.79. The van der Waals surface area contributed by atoms with Gasteiger partial charge in [0.15, 0.2) is 0 Å². The molecule has 1 amide bonds. The predicted octanol–water partition coefficient (Wildman–Crippen LogP) is 1.99. The van der Waals surface area contributed by atoms with Gasteiger partial charge in [-0.15, -0.1) is 0 Å². The number of rotatable bonds is 5. The summed E-state index contributed by atoms with van der Waals surface area (Å²) in [6.07, 6.45) is 0. The maximum atomic E-state index is 13.5. The molecule has 0 bridgehead atoms. The highest BCUT2D eigenvalue weighted by atomic mass is 19.1. The molecule has 1 aromatic carbocycles. The largest absolute Gasteiger partial charge is 0.369 e. The van der Waals surface area contributed by atoms with Gasteiger partial charge in [-0.2, -0.15) is 0 Å². The van der Waals surface area contributed by atoms with E-state index in [1.807, 2.05) is 6.92 Å². The summed E-state index contributed by atoms with van der Waals surface area (Å²) in [4.78, 5) is 11.1. The highest BCUT2D eigenvalue weighted by Gasteiger charge is 2.25. The molecule has 1 aromatic rings. The molecule has 4 heteroatoms. The molecular formula is C13H19FN2O. The Bertz CT molecular complexity index is 404. The van der Waals surface area contributed by atoms with E-state index in [1.165, 1.54) is 6.07 Å². The molecule has 0 aliphatic heterocycles. The predicted molar refractivity (Wildman–Crippen MR) is 65.8 cm³/mol. The minimum Gasteiger partial charge on any atom is -0.369 e. The third-order valence-corrected chi connectivity index (χ3v) is 2.89. The number of nitrogens with one attached hydrogen (secondary N) is 1. The summed E-state index contributed by atoms with van der Waals surface area (Å²) in [7, 11) is 0. The van der Waals surface area contributed by atoms with E-state index in [2.05, 4.69) is 5.32 Å². The molecule has 3 nitrogen and oxygen atoms in total. The lowest BCUT2D eigenvalue weighted by Gasteiger charge is -2.24. The van der Waals surface area contributed by atoms with Crippen molar-refractivity contribution in [3.63, 3.8) is 0 Å². The van der Waals surface area contributed by atoms with Crippen LogP contribution in [0.2, 0.25) is 0 Å². The molecule has 94 valence electrons. The molecule has 0 saturated carbocycles. The number of primary amides is 1. The monoisotopic (exact) mass is 238 g/mol. The van der Waals surface area contributed by atoms with Crippen LogP contribution < -0.4 is 11.1 Å². The van der Waals surface area contributed by atoms with Crippen molar-refractivity contribution in [2.45, 2.75) is 26.8 Å². The summed E-state index contributed by atoms with van der Waals surface area (Å²) < 4.78 is 13.5. The number of carbonyl (C=O) groups excluding carboxylic acids is 1. The molecule has 0 saturated heterocycles. The molecule has 0 aromatic heterocycles. The second-order valence-electron chi connectivity index (χ2n) is 4.87. The fraction of sp³-hybridized carbons (Fsp3) is 0.462. The first-order valence-electron chi connectivity index (χ1n) is 5.62. The Morgan fingerprint density at radius 1 is 1.47 bits per heavy atom. The van der Waals surface area contributed by atoms with Crippen molar-refractivity contribution in [3.8, 4) is 0 Å². The zero-order valence-corrected chi connectivity index (χ0v) is 10.5. The lowest BCUT2D eigenvalue weighted by molar-refractivity contribution is -0.125. The van der Waals surface area contributed by atoms with Crippen molar-refractivity contribution in [1.29, 1.82) is 0 Å². The van der Waals surface area contributed by atoms with E-state index in [9.17, 15) is 9.18 Å². The Morgan fingerprint density at radius 3 is 2.59 bits per heavy atom. The first-order valence-corrected chi connectivity index (χ1v) is 5.62. The summed E-state index contributed by atoms with van der Waals surface area (Å²) in [6, 6.07) is 6.43. The van der Waals surface area contributed by atoms with Gasteiger partial charge in [-0.3, -0.25) is 4.79 Å². The molecule has 0 fully saturated rings. The maximum absolute atomic E-state index is 13.5. The zero-order chi connectivity index (χ0) is 13.1. The third-order valence-electron chi connectivity index (χ3n) is 2.89. The Labute approximate surface area is 101 Å². The van der Waals surface area contributed by atoms with E-state index in [4.69, 9.17) is 5.73 Å². The Hall–Kier alpha value is -1.42. The van der Waals surface area contributed by atoms with Gasteiger partial charge in [0, 0.05) is 18.2 Å². The van der Waals surface area contributed by atoms with Crippen molar-refractivity contribution >= 4 is 5.91 Å². The fourth-order valence-corrected chi connectivity index (χ4v) is 1.43. The van der Waals surface area contributed by atoms with E-state index in [0.717, 1.165) is 0 Å². The summed E-state index contributed by atoms with van der Waals surface area (Å²) in [5.74, 6) is -0.616. The summed E-state index contributed by atoms with van der Waals surface area (Å²) in [5, 5.41) is 3.12. The molecule has 1 rings (SSSR count). The van der Waals surface area contributed by atoms with Crippen LogP contribution in [0.5, 0.6) is 0 Å². The number of hydrogen-bond acceptors (Lipinski definition) is 2. The molecule has 0 aliphatic rings. The second kappa shape index (κ2) is 5.27. The molecular weight excluding hydrogens is 219 g/mol. The van der Waals surface area contributed by atoms with Crippen LogP contribution in [0, 0.1) is 11.2 Å². The van der Waals surface area contributed by atoms with Crippen LogP contribution in [0.25, 0.3) is 0 Å². The molecule has 0 spiro atoms. The summed E-state index contributed by atoms with van der Waals surface area (Å²) >= 11 is 0. The van der Waals surface area contributed by atoms with Gasteiger partial charge in [-0.1, -0.05) is 18.2 Å². The number of carbonyl (C=O) groups is 1. The SMILES string of the molecule is C[C@@H](NCC(C)(C)C(N)=O)c1ccccc1F. The van der Waals surface area contributed by atoms with Crippen LogP contribution in [0.3, 0.4) is 0 Å². The van der Waals surface area contributed by atoms with Gasteiger partial charge in [-0.05, 0) is 26.8 Å². The minimum absolute atomic E-state index is 0.158. The quantitative estimate of drug-likeness (QED) is 0.824. The first-order chi connectivity index (χ1) is 7.84. The molecule has 0 heterocycles. The highest BCUT2D eigenvalue weighted by Crippen LogP contribution is 2.19. The van der Waals surface area contributed by atoms with Crippen LogP contribution in [0.15, 0.2) is 24.3 Å². The molecule has 0 radical (unpaired) electrons. The highest BCUT2D eigenvalue weighted by molar-refractivity contribution is 5.80. The van der Waals surface area contributed by atoms with Gasteiger partial charge in [0.2, 0.25) is 5.91 Å². The van der Waals surface area contributed by atoms with E-state index in [-0.39, 0.29) is 17.8 Å². The Morgan fingerprint density at radius 2 is 2.06 bits per heavy atom. The third kappa shape index (κ3) is 3.53. The number of hydrogen-bond donors (Lipinski definition) is 2. The van der Waals surface area contributed by atoms with Gasteiger partial charge in [-0.25, -0.2) is 4.39 Å². The second-order valence-corrected chi connectivity index (χ2v) is 4.87. The standard InChI is InChI=1S/C13H19FN2O/c1-9(10-6-4-5-7-11(10)14)16-8-13(2,3)12(15)17/h4-7,9,16H,8H2,1-3H3,(H2,15,17)/t9-/m1/s1. The van der Waals surface area contributed by atoms with Crippen molar-refractivity contribution < 1.29 is 9.18 Å². The van der Waals surface area contributed by atoms with Gasteiger partial charge in [0.1, 0.15) is 5.82 Å². The van der Waals surface area contributed by atoms with E-state index in [1.54, 1.807) is 32.0 Å². The van der Waals surface area contributed by atoms with Crippen LogP contribution in [0.1, 0.15) is 32.4 Å². The molecule has 17 heavy (non-hydrogen) atoms. The smallest absolute Gasteiger partial charge is 0.224 e. The minimum atomic E-state index is -0.639. The Kier molecular flexibility index (Phi) is 4.23. The maximum Gasteiger partial charge on any atom is 0.224 e. The van der Waals surface area contributed by atoms with Gasteiger partial charge in [0.25, 0.3) is 0 Å². The number of benzene rings is 1. The average molecular weight is 238 g/mol. The summed E-state index contributed by atoms with van der Waals surface area (Å²) in [5.41, 5.74) is 5.22. The van der Waals surface area contributed by atoms with Crippen LogP contribution in [-0.2, 0) is 4.79 Å². The van der Waals surface area contributed by atoms with E-state index < -0.39 is 5.41 Å². The Balaban J connectivity index is 2.65. The van der Waals surface area contributed by atoms with Crippen molar-refractivity contribution in [1.82, 2.24) is 5.32 Å². The topological polar surface area (TPSA) is 55.1 Å². The zero-order valence-electron chi connectivity index (χ0n) is 10.5. The first kappa shape index (κ1) is 13.6. The van der Waals surface area contributed by atoms with Crippen LogP contribution >= 0.6 is 0 Å². The van der Waals surface area contributed by atoms with Gasteiger partial charge < -0.3 is 11.1 Å². The van der Waals surface area contributed by atoms with Gasteiger partial charge >= 0.3 is 0 Å². The average Bonchev–Trinajstić information content (AvgIpc) is 2.26. The number of amides is 1. The molecule has 1 atom stereocenters. The molecule has 0 aliphatic carbocycles. The van der Waals surface area contributed by atoms with Crippen molar-refractivity contribution in [3.05, 3.63) is 35.6 Å². The van der Waals surface area contributed by atoms with Crippen molar-refractivity contribution in [2.24, 2.45) is 11.1 Å².